The number of hydrogen-bond acceptors (Lipinski definition) is 3. The summed E-state index contributed by atoms with van der Waals surface area (Å²) in [6, 6.07) is 12.5. The molecule has 3 rings (SSSR count). The van der Waals surface area contributed by atoms with Gasteiger partial charge in [-0.25, -0.2) is 4.98 Å². The Bertz CT molecular complexity index is 688. The number of benzene rings is 1. The van der Waals surface area contributed by atoms with Crippen LogP contribution in [0.1, 0.15) is 39.5 Å². The van der Waals surface area contributed by atoms with Gasteiger partial charge in [0.25, 0.3) is 0 Å². The number of nitrogens with zero attached hydrogens (tertiary/aromatic N) is 1. The largest absolute Gasteiger partial charge is 0.352 e. The second-order valence-corrected chi connectivity index (χ2v) is 7.84. The Balaban J connectivity index is 1.62. The predicted octanol–water partition coefficient (Wildman–Crippen LogP) is 4.41. The molecule has 0 unspecified atom stereocenters. The van der Waals surface area contributed by atoms with Gasteiger partial charge in [0.2, 0.25) is 5.91 Å². The summed E-state index contributed by atoms with van der Waals surface area (Å²) in [5.74, 6) is 0.715. The van der Waals surface area contributed by atoms with E-state index in [9.17, 15) is 4.79 Å². The minimum atomic E-state index is -0.127. The van der Waals surface area contributed by atoms with E-state index in [0.29, 0.717) is 12.0 Å². The SMILES string of the molecule is C[C@@H]1CCCC[C@@H]1NC(=O)[C@@H](C)Sc1ccc2ccccc2n1. The van der Waals surface area contributed by atoms with Crippen LogP contribution >= 0.6 is 11.8 Å². The molecule has 3 atom stereocenters. The summed E-state index contributed by atoms with van der Waals surface area (Å²) in [6.45, 7) is 4.21. The van der Waals surface area contributed by atoms with Crippen LogP contribution in [0.2, 0.25) is 0 Å². The summed E-state index contributed by atoms with van der Waals surface area (Å²) in [7, 11) is 0. The van der Waals surface area contributed by atoms with Gasteiger partial charge in [-0.2, -0.15) is 0 Å². The molecule has 3 nitrogen and oxygen atoms in total. The molecule has 1 N–H and O–H groups in total. The molecule has 0 radical (unpaired) electrons. The number of pyridine rings is 1. The zero-order chi connectivity index (χ0) is 16.2. The average molecular weight is 328 g/mol. The summed E-state index contributed by atoms with van der Waals surface area (Å²) in [5, 5.41) is 5.15. The third kappa shape index (κ3) is 4.05. The molecular weight excluding hydrogens is 304 g/mol. The number of thioether (sulfide) groups is 1. The first-order valence-corrected chi connectivity index (χ1v) is 9.34. The molecule has 23 heavy (non-hydrogen) atoms. The van der Waals surface area contributed by atoms with Crippen molar-refractivity contribution in [1.29, 1.82) is 0 Å². The number of para-hydroxylation sites is 1. The highest BCUT2D eigenvalue weighted by Gasteiger charge is 2.25. The second-order valence-electron chi connectivity index (χ2n) is 6.48. The summed E-state index contributed by atoms with van der Waals surface area (Å²) in [5.41, 5.74) is 0.978. The van der Waals surface area contributed by atoms with Gasteiger partial charge in [0.15, 0.2) is 0 Å². The number of amides is 1. The molecule has 1 aromatic heterocycles. The Kier molecular flexibility index (Phi) is 5.21. The molecule has 1 saturated carbocycles. The summed E-state index contributed by atoms with van der Waals surface area (Å²) in [4.78, 5) is 17.1. The molecule has 2 aromatic rings. The van der Waals surface area contributed by atoms with Gasteiger partial charge >= 0.3 is 0 Å². The highest BCUT2D eigenvalue weighted by atomic mass is 32.2. The van der Waals surface area contributed by atoms with Gasteiger partial charge in [-0.15, -0.1) is 0 Å². The van der Waals surface area contributed by atoms with Crippen molar-refractivity contribution >= 4 is 28.6 Å². The summed E-state index contributed by atoms with van der Waals surface area (Å²) < 4.78 is 0. The molecule has 1 aliphatic carbocycles. The van der Waals surface area contributed by atoms with E-state index in [1.54, 1.807) is 0 Å². The molecule has 0 bridgehead atoms. The van der Waals surface area contributed by atoms with E-state index in [2.05, 4.69) is 29.4 Å². The van der Waals surface area contributed by atoms with Crippen molar-refractivity contribution < 1.29 is 4.79 Å². The molecule has 1 aliphatic rings. The first-order chi connectivity index (χ1) is 11.1. The summed E-state index contributed by atoms with van der Waals surface area (Å²) in [6.07, 6.45) is 4.85. The Morgan fingerprint density at radius 1 is 1.22 bits per heavy atom. The average Bonchev–Trinajstić information content (AvgIpc) is 2.56. The van der Waals surface area contributed by atoms with Crippen LogP contribution in [0.15, 0.2) is 41.4 Å². The van der Waals surface area contributed by atoms with Gasteiger partial charge in [-0.1, -0.05) is 55.8 Å². The van der Waals surface area contributed by atoms with Gasteiger partial charge in [0.05, 0.1) is 15.8 Å². The predicted molar refractivity (Wildman–Crippen MR) is 96.6 cm³/mol. The lowest BCUT2D eigenvalue weighted by molar-refractivity contribution is -0.121. The minimum Gasteiger partial charge on any atom is -0.352 e. The van der Waals surface area contributed by atoms with Crippen molar-refractivity contribution in [3.63, 3.8) is 0 Å². The van der Waals surface area contributed by atoms with Crippen molar-refractivity contribution in [3.8, 4) is 0 Å². The summed E-state index contributed by atoms with van der Waals surface area (Å²) >= 11 is 1.53. The maximum atomic E-state index is 12.5. The van der Waals surface area contributed by atoms with Gasteiger partial charge in [-0.3, -0.25) is 4.79 Å². The topological polar surface area (TPSA) is 42.0 Å². The lowest BCUT2D eigenvalue weighted by Crippen LogP contribution is -2.44. The van der Waals surface area contributed by atoms with Crippen LogP contribution in [-0.4, -0.2) is 22.2 Å². The molecule has 4 heteroatoms. The first kappa shape index (κ1) is 16.3. The molecule has 1 fully saturated rings. The maximum Gasteiger partial charge on any atom is 0.233 e. The van der Waals surface area contributed by atoms with Crippen molar-refractivity contribution in [1.82, 2.24) is 10.3 Å². The first-order valence-electron chi connectivity index (χ1n) is 8.46. The number of fused-ring (bicyclic) bond motifs is 1. The highest BCUT2D eigenvalue weighted by Crippen LogP contribution is 2.26. The van der Waals surface area contributed by atoms with Crippen LogP contribution < -0.4 is 5.32 Å². The van der Waals surface area contributed by atoms with Gasteiger partial charge < -0.3 is 5.32 Å². The quantitative estimate of drug-likeness (QED) is 0.845. The van der Waals surface area contributed by atoms with Gasteiger partial charge in [-0.05, 0) is 37.8 Å². The van der Waals surface area contributed by atoms with Gasteiger partial charge in [0, 0.05) is 11.4 Å². The number of rotatable bonds is 4. The molecule has 1 heterocycles. The third-order valence-corrected chi connectivity index (χ3v) is 5.72. The molecule has 1 amide bonds. The van der Waals surface area contributed by atoms with E-state index in [-0.39, 0.29) is 11.2 Å². The number of carbonyl (C=O) groups excluding carboxylic acids is 1. The molecule has 0 saturated heterocycles. The fourth-order valence-electron chi connectivity index (χ4n) is 3.18. The molecule has 122 valence electrons. The van der Waals surface area contributed by atoms with E-state index >= 15 is 0 Å². The minimum absolute atomic E-state index is 0.127. The molecule has 0 spiro atoms. The fourth-order valence-corrected chi connectivity index (χ4v) is 4.01. The Hall–Kier alpha value is -1.55. The Morgan fingerprint density at radius 3 is 2.83 bits per heavy atom. The number of nitrogens with one attached hydrogen (secondary N) is 1. The monoisotopic (exact) mass is 328 g/mol. The number of carbonyl (C=O) groups is 1. The van der Waals surface area contributed by atoms with E-state index in [1.807, 2.05) is 31.2 Å². The lowest BCUT2D eigenvalue weighted by atomic mass is 9.86. The number of aromatic nitrogens is 1. The van der Waals surface area contributed by atoms with E-state index in [0.717, 1.165) is 22.3 Å². The van der Waals surface area contributed by atoms with E-state index in [4.69, 9.17) is 0 Å². The zero-order valence-electron chi connectivity index (χ0n) is 13.8. The number of hydrogen-bond donors (Lipinski definition) is 1. The standard InChI is InChI=1S/C19H24N2OS/c1-13-7-3-5-9-16(13)21-19(22)14(2)23-18-12-11-15-8-4-6-10-17(15)20-18/h4,6,8,10-14,16H,3,5,7,9H2,1-2H3,(H,21,22)/t13-,14-,16+/m1/s1. The van der Waals surface area contributed by atoms with Crippen LogP contribution in [-0.2, 0) is 4.79 Å². The smallest absolute Gasteiger partial charge is 0.233 e. The van der Waals surface area contributed by atoms with Gasteiger partial charge in [0.1, 0.15) is 0 Å². The van der Waals surface area contributed by atoms with Crippen molar-refractivity contribution in [3.05, 3.63) is 36.4 Å². The third-order valence-electron chi connectivity index (χ3n) is 4.68. The van der Waals surface area contributed by atoms with Crippen molar-refractivity contribution in [2.75, 3.05) is 0 Å². The lowest BCUT2D eigenvalue weighted by Gasteiger charge is -2.30. The van der Waals surface area contributed by atoms with Crippen LogP contribution in [0, 0.1) is 5.92 Å². The van der Waals surface area contributed by atoms with E-state index in [1.165, 1.54) is 31.0 Å². The molecule has 0 aliphatic heterocycles. The van der Waals surface area contributed by atoms with Crippen molar-refractivity contribution in [2.45, 2.75) is 55.8 Å². The molecular formula is C19H24N2OS. The van der Waals surface area contributed by atoms with Crippen LogP contribution in [0.3, 0.4) is 0 Å². The Morgan fingerprint density at radius 2 is 2.00 bits per heavy atom. The van der Waals surface area contributed by atoms with E-state index < -0.39 is 0 Å². The van der Waals surface area contributed by atoms with Crippen molar-refractivity contribution in [2.24, 2.45) is 5.92 Å². The maximum absolute atomic E-state index is 12.5. The molecule has 1 aromatic carbocycles. The van der Waals surface area contributed by atoms with Crippen LogP contribution in [0.4, 0.5) is 0 Å². The Labute approximate surface area is 142 Å². The fraction of sp³-hybridized carbons (Fsp3) is 0.474. The normalized spacial score (nSPS) is 22.7. The highest BCUT2D eigenvalue weighted by molar-refractivity contribution is 8.00. The second kappa shape index (κ2) is 7.35. The van der Waals surface area contributed by atoms with Crippen LogP contribution in [0.25, 0.3) is 10.9 Å². The zero-order valence-corrected chi connectivity index (χ0v) is 14.6. The van der Waals surface area contributed by atoms with Crippen LogP contribution in [0.5, 0.6) is 0 Å².